The van der Waals surface area contributed by atoms with Crippen LogP contribution in [-0.2, 0) is 6.54 Å². The standard InChI is InChI=1S/C17H17FN6O/c1-11-3-5-14(24-10-20-22-23-24)8-16(11)21-17(25)19-9-13-4-6-15(18)12(2)7-13/h3-8,10H,9H2,1-2H3,(H2,19,21,25). The maximum atomic E-state index is 13.3. The van der Waals surface area contributed by atoms with Crippen molar-refractivity contribution < 1.29 is 9.18 Å². The number of carbonyl (C=O) groups excluding carboxylic acids is 1. The molecule has 0 saturated heterocycles. The highest BCUT2D eigenvalue weighted by Crippen LogP contribution is 2.19. The van der Waals surface area contributed by atoms with Crippen molar-refractivity contribution in [2.45, 2.75) is 20.4 Å². The van der Waals surface area contributed by atoms with Crippen LogP contribution in [-0.4, -0.2) is 26.2 Å². The Hall–Kier alpha value is -3.29. The highest BCUT2D eigenvalue weighted by atomic mass is 19.1. The third-order valence-electron chi connectivity index (χ3n) is 3.76. The lowest BCUT2D eigenvalue weighted by atomic mass is 10.1. The smallest absolute Gasteiger partial charge is 0.319 e. The lowest BCUT2D eigenvalue weighted by molar-refractivity contribution is 0.251. The van der Waals surface area contributed by atoms with Crippen molar-refractivity contribution in [1.82, 2.24) is 25.5 Å². The first-order chi connectivity index (χ1) is 12.0. The molecule has 1 aromatic heterocycles. The number of urea groups is 1. The summed E-state index contributed by atoms with van der Waals surface area (Å²) in [6.07, 6.45) is 1.48. The van der Waals surface area contributed by atoms with Crippen molar-refractivity contribution in [2.24, 2.45) is 0 Å². The van der Waals surface area contributed by atoms with Gasteiger partial charge in [-0.25, -0.2) is 13.9 Å². The molecule has 7 nitrogen and oxygen atoms in total. The molecule has 0 aliphatic heterocycles. The fraction of sp³-hybridized carbons (Fsp3) is 0.176. The van der Waals surface area contributed by atoms with E-state index in [2.05, 4.69) is 26.2 Å². The largest absolute Gasteiger partial charge is 0.334 e. The summed E-state index contributed by atoms with van der Waals surface area (Å²) in [7, 11) is 0. The number of aromatic nitrogens is 4. The van der Waals surface area contributed by atoms with Gasteiger partial charge in [-0.2, -0.15) is 0 Å². The van der Waals surface area contributed by atoms with Gasteiger partial charge in [0, 0.05) is 12.2 Å². The number of hydrogen-bond donors (Lipinski definition) is 2. The van der Waals surface area contributed by atoms with E-state index in [1.54, 1.807) is 25.1 Å². The van der Waals surface area contributed by atoms with E-state index in [0.717, 1.165) is 16.8 Å². The quantitative estimate of drug-likeness (QED) is 0.765. The summed E-state index contributed by atoms with van der Waals surface area (Å²) in [6.45, 7) is 3.88. The average molecular weight is 340 g/mol. The number of benzene rings is 2. The van der Waals surface area contributed by atoms with Gasteiger partial charge in [0.05, 0.1) is 5.69 Å². The zero-order chi connectivity index (χ0) is 17.8. The zero-order valence-electron chi connectivity index (χ0n) is 13.8. The van der Waals surface area contributed by atoms with Crippen LogP contribution in [0.15, 0.2) is 42.7 Å². The maximum absolute atomic E-state index is 13.3. The predicted octanol–water partition coefficient (Wildman–Crippen LogP) is 2.74. The molecule has 0 bridgehead atoms. The number of halogens is 1. The molecular weight excluding hydrogens is 323 g/mol. The summed E-state index contributed by atoms with van der Waals surface area (Å²) < 4.78 is 14.8. The van der Waals surface area contributed by atoms with Gasteiger partial charge >= 0.3 is 6.03 Å². The third kappa shape index (κ3) is 3.97. The van der Waals surface area contributed by atoms with Crippen molar-refractivity contribution in [3.8, 4) is 5.69 Å². The van der Waals surface area contributed by atoms with Crippen LogP contribution >= 0.6 is 0 Å². The van der Waals surface area contributed by atoms with E-state index in [4.69, 9.17) is 0 Å². The van der Waals surface area contributed by atoms with Crippen molar-refractivity contribution in [1.29, 1.82) is 0 Å². The number of anilines is 1. The van der Waals surface area contributed by atoms with Gasteiger partial charge < -0.3 is 10.6 Å². The fourth-order valence-corrected chi connectivity index (χ4v) is 2.33. The number of tetrazole rings is 1. The Morgan fingerprint density at radius 2 is 2.00 bits per heavy atom. The van der Waals surface area contributed by atoms with Crippen molar-refractivity contribution >= 4 is 11.7 Å². The lowest BCUT2D eigenvalue weighted by Crippen LogP contribution is -2.28. The molecule has 3 rings (SSSR count). The molecule has 2 amide bonds. The van der Waals surface area contributed by atoms with Gasteiger partial charge in [0.2, 0.25) is 0 Å². The van der Waals surface area contributed by atoms with Gasteiger partial charge in [0.1, 0.15) is 12.1 Å². The molecule has 0 aliphatic carbocycles. The van der Waals surface area contributed by atoms with Crippen LogP contribution in [0.2, 0.25) is 0 Å². The molecule has 3 aromatic rings. The molecular formula is C17H17FN6O. The molecule has 1 heterocycles. The van der Waals surface area contributed by atoms with Crippen molar-refractivity contribution in [3.05, 3.63) is 65.2 Å². The number of amides is 2. The normalized spacial score (nSPS) is 10.5. The molecule has 2 aromatic carbocycles. The third-order valence-corrected chi connectivity index (χ3v) is 3.76. The minimum absolute atomic E-state index is 0.261. The minimum Gasteiger partial charge on any atom is -0.334 e. The van der Waals surface area contributed by atoms with E-state index < -0.39 is 0 Å². The summed E-state index contributed by atoms with van der Waals surface area (Å²) in [5, 5.41) is 16.6. The molecule has 0 fully saturated rings. The van der Waals surface area contributed by atoms with Gasteiger partial charge in [-0.3, -0.25) is 0 Å². The molecule has 0 radical (unpaired) electrons. The first kappa shape index (κ1) is 16.6. The second kappa shape index (κ2) is 7.08. The van der Waals surface area contributed by atoms with Crippen LogP contribution in [0, 0.1) is 19.7 Å². The van der Waals surface area contributed by atoms with Crippen LogP contribution in [0.25, 0.3) is 5.69 Å². The molecule has 0 spiro atoms. The molecule has 8 heteroatoms. The average Bonchev–Trinajstić information content (AvgIpc) is 3.12. The lowest BCUT2D eigenvalue weighted by Gasteiger charge is -2.12. The molecule has 128 valence electrons. The Morgan fingerprint density at radius 3 is 2.72 bits per heavy atom. The first-order valence-electron chi connectivity index (χ1n) is 7.67. The number of rotatable bonds is 4. The summed E-state index contributed by atoms with van der Waals surface area (Å²) in [6, 6.07) is 9.91. The minimum atomic E-state index is -0.348. The van der Waals surface area contributed by atoms with Gasteiger partial charge in [0.15, 0.2) is 0 Å². The monoisotopic (exact) mass is 340 g/mol. The number of hydrogen-bond acceptors (Lipinski definition) is 4. The Bertz CT molecular complexity index is 894. The highest BCUT2D eigenvalue weighted by molar-refractivity contribution is 5.90. The van der Waals surface area contributed by atoms with Crippen molar-refractivity contribution in [2.75, 3.05) is 5.32 Å². The molecule has 0 atom stereocenters. The zero-order valence-corrected chi connectivity index (χ0v) is 13.8. The van der Waals surface area contributed by atoms with Crippen LogP contribution in [0.5, 0.6) is 0 Å². The fourth-order valence-electron chi connectivity index (χ4n) is 2.33. The number of nitrogens with one attached hydrogen (secondary N) is 2. The van der Waals surface area contributed by atoms with Crippen LogP contribution in [0.3, 0.4) is 0 Å². The Morgan fingerprint density at radius 1 is 1.16 bits per heavy atom. The van der Waals surface area contributed by atoms with E-state index >= 15 is 0 Å². The van der Waals surface area contributed by atoms with E-state index in [-0.39, 0.29) is 11.8 Å². The van der Waals surface area contributed by atoms with Crippen molar-refractivity contribution in [3.63, 3.8) is 0 Å². The van der Waals surface area contributed by atoms with E-state index in [9.17, 15) is 9.18 Å². The topological polar surface area (TPSA) is 84.7 Å². The number of aryl methyl sites for hydroxylation is 2. The van der Waals surface area contributed by atoms with Crippen LogP contribution < -0.4 is 10.6 Å². The van der Waals surface area contributed by atoms with Gasteiger partial charge in [-0.15, -0.1) is 5.10 Å². The van der Waals surface area contributed by atoms with Crippen LogP contribution in [0.1, 0.15) is 16.7 Å². The molecule has 25 heavy (non-hydrogen) atoms. The van der Waals surface area contributed by atoms with E-state index in [0.29, 0.717) is 17.8 Å². The molecule has 0 saturated carbocycles. The van der Waals surface area contributed by atoms with E-state index in [1.165, 1.54) is 17.1 Å². The highest BCUT2D eigenvalue weighted by Gasteiger charge is 2.08. The molecule has 2 N–H and O–H groups in total. The van der Waals surface area contributed by atoms with Gasteiger partial charge in [0.25, 0.3) is 0 Å². The Balaban J connectivity index is 1.66. The summed E-state index contributed by atoms with van der Waals surface area (Å²) >= 11 is 0. The summed E-state index contributed by atoms with van der Waals surface area (Å²) in [5.41, 5.74) is 3.67. The predicted molar refractivity (Wildman–Crippen MR) is 90.9 cm³/mol. The van der Waals surface area contributed by atoms with Gasteiger partial charge in [-0.1, -0.05) is 18.2 Å². The summed E-state index contributed by atoms with van der Waals surface area (Å²) in [4.78, 5) is 12.1. The number of nitrogens with zero attached hydrogens (tertiary/aromatic N) is 4. The molecule has 0 unspecified atom stereocenters. The number of carbonyl (C=O) groups is 1. The second-order valence-electron chi connectivity index (χ2n) is 5.64. The Labute approximate surface area is 143 Å². The Kier molecular flexibility index (Phi) is 4.69. The van der Waals surface area contributed by atoms with Gasteiger partial charge in [-0.05, 0) is 59.2 Å². The second-order valence-corrected chi connectivity index (χ2v) is 5.64. The first-order valence-corrected chi connectivity index (χ1v) is 7.67. The summed E-state index contributed by atoms with van der Waals surface area (Å²) in [5.74, 6) is -0.261. The van der Waals surface area contributed by atoms with E-state index in [1.807, 2.05) is 19.1 Å². The van der Waals surface area contributed by atoms with Crippen LogP contribution in [0.4, 0.5) is 14.9 Å². The SMILES string of the molecule is Cc1cc(CNC(=O)Nc2cc(-n3cnnn3)ccc2C)ccc1F. The molecule has 0 aliphatic rings. The maximum Gasteiger partial charge on any atom is 0.319 e.